The fraction of sp³-hybridized carbons (Fsp3) is 0.684. The quantitative estimate of drug-likeness (QED) is 0.131. The van der Waals surface area contributed by atoms with Crippen molar-refractivity contribution < 1.29 is 46.6 Å². The summed E-state index contributed by atoms with van der Waals surface area (Å²) in [5.41, 5.74) is -2.44. The van der Waals surface area contributed by atoms with Crippen LogP contribution >= 0.6 is 0 Å². The highest BCUT2D eigenvalue weighted by Gasteiger charge is 2.40. The average molecular weight is 793 g/mol. The van der Waals surface area contributed by atoms with Gasteiger partial charge in [-0.2, -0.15) is 4.72 Å². The molecule has 1 aromatic rings. The van der Waals surface area contributed by atoms with Crippen molar-refractivity contribution in [2.45, 2.75) is 135 Å². The van der Waals surface area contributed by atoms with Crippen LogP contribution < -0.4 is 15.4 Å². The second-order valence-electron chi connectivity index (χ2n) is 17.1. The summed E-state index contributed by atoms with van der Waals surface area (Å²) in [6.45, 7) is 17.5. The highest BCUT2D eigenvalue weighted by Crippen LogP contribution is 2.41. The molecule has 2 fully saturated rings. The molecule has 1 atom stereocenters. The number of nitrogens with zero attached hydrogens (tertiary/aromatic N) is 3. The van der Waals surface area contributed by atoms with Crippen molar-refractivity contribution in [3.05, 3.63) is 30.3 Å². The van der Waals surface area contributed by atoms with E-state index in [1.807, 2.05) is 0 Å². The number of likely N-dealkylation sites (tertiary alicyclic amines) is 2. The Morgan fingerprint density at radius 1 is 0.745 bits per heavy atom. The van der Waals surface area contributed by atoms with Gasteiger partial charge >= 0.3 is 18.2 Å². The van der Waals surface area contributed by atoms with Crippen molar-refractivity contribution in [3.8, 4) is 0 Å². The second kappa shape index (κ2) is 18.6. The number of piperidine rings is 2. The number of rotatable bonds is 10. The molecule has 3 rings (SSSR count). The van der Waals surface area contributed by atoms with Crippen LogP contribution in [0.1, 0.15) is 107 Å². The molecule has 55 heavy (non-hydrogen) atoms. The number of alkyl carbamates (subject to hydrolysis) is 1. The number of benzene rings is 1. The van der Waals surface area contributed by atoms with Crippen LogP contribution in [0.2, 0.25) is 0 Å². The number of sulfonamides is 1. The van der Waals surface area contributed by atoms with Crippen LogP contribution in [0.3, 0.4) is 0 Å². The zero-order valence-corrected chi connectivity index (χ0v) is 34.6. The van der Waals surface area contributed by atoms with E-state index in [4.69, 9.17) is 14.2 Å². The fourth-order valence-electron chi connectivity index (χ4n) is 6.17. The first-order valence-electron chi connectivity index (χ1n) is 18.8. The third kappa shape index (κ3) is 15.8. The molecule has 308 valence electrons. The number of nitrogens with one attached hydrogen (secondary N) is 3. The molecule has 2 aliphatic heterocycles. The van der Waals surface area contributed by atoms with Gasteiger partial charge in [0.2, 0.25) is 27.8 Å². The van der Waals surface area contributed by atoms with Crippen molar-refractivity contribution >= 4 is 46.0 Å². The zero-order chi connectivity index (χ0) is 41.2. The summed E-state index contributed by atoms with van der Waals surface area (Å²) in [6.07, 6.45) is 1.34. The number of carbonyl (C=O) groups is 5. The number of hydrogen-bond acceptors (Lipinski definition) is 10. The first kappa shape index (κ1) is 45.1. The molecule has 0 aromatic heterocycles. The number of carbonyl (C=O) groups excluding carboxylic acids is 5. The first-order chi connectivity index (χ1) is 25.4. The van der Waals surface area contributed by atoms with E-state index >= 15 is 0 Å². The largest absolute Gasteiger partial charge is 0.459 e. The number of aliphatic imine (C=N–C) groups is 1. The molecule has 0 saturated carbocycles. The highest BCUT2D eigenvalue weighted by atomic mass is 32.2. The van der Waals surface area contributed by atoms with Crippen LogP contribution in [0.15, 0.2) is 40.2 Å². The van der Waals surface area contributed by atoms with Crippen LogP contribution in [0.4, 0.5) is 9.59 Å². The molecule has 1 spiro atoms. The van der Waals surface area contributed by atoms with Crippen LogP contribution in [0.25, 0.3) is 0 Å². The van der Waals surface area contributed by atoms with Gasteiger partial charge in [-0.3, -0.25) is 19.7 Å². The van der Waals surface area contributed by atoms with Crippen molar-refractivity contribution in [2.75, 3.05) is 32.7 Å². The molecule has 17 heteroatoms. The van der Waals surface area contributed by atoms with Gasteiger partial charge in [-0.15, -0.1) is 4.99 Å². The van der Waals surface area contributed by atoms with Gasteiger partial charge in [-0.25, -0.2) is 18.0 Å². The van der Waals surface area contributed by atoms with Crippen molar-refractivity contribution in [2.24, 2.45) is 10.4 Å². The van der Waals surface area contributed by atoms with Gasteiger partial charge in [0.1, 0.15) is 22.8 Å². The Morgan fingerprint density at radius 3 is 1.73 bits per heavy atom. The molecule has 1 aromatic carbocycles. The summed E-state index contributed by atoms with van der Waals surface area (Å²) >= 11 is 0. The number of ether oxygens (including phenoxy) is 3. The first-order valence-corrected chi connectivity index (χ1v) is 20.3. The Bertz CT molecular complexity index is 1640. The summed E-state index contributed by atoms with van der Waals surface area (Å²) in [7, 11) is -4.04. The van der Waals surface area contributed by atoms with Gasteiger partial charge in [0.05, 0.1) is 4.90 Å². The highest BCUT2D eigenvalue weighted by molar-refractivity contribution is 7.89. The fourth-order valence-corrected chi connectivity index (χ4v) is 7.41. The number of guanidine groups is 1. The van der Waals surface area contributed by atoms with Gasteiger partial charge in [-0.05, 0) is 112 Å². The Balaban J connectivity index is 1.50. The minimum atomic E-state index is -4.04. The summed E-state index contributed by atoms with van der Waals surface area (Å²) < 4.78 is 44.5. The SMILES string of the molecule is CC(C)(C)OC(=O)N=C(NCCC(=O)N1CCC2(CC1)CCN(C(=O)CC[C@H](NS(=O)(=O)c1ccccc1)C(=O)OC(C)(C)C)CC2)NC(=O)OC(C)(C)C. The van der Waals surface area contributed by atoms with Gasteiger partial charge in [0.25, 0.3) is 0 Å². The molecule has 0 radical (unpaired) electrons. The van der Waals surface area contributed by atoms with Crippen LogP contribution in [-0.4, -0.2) is 110 Å². The van der Waals surface area contributed by atoms with E-state index in [0.717, 1.165) is 25.7 Å². The lowest BCUT2D eigenvalue weighted by molar-refractivity contribution is -0.157. The molecule has 2 aliphatic rings. The molecule has 16 nitrogen and oxygen atoms in total. The van der Waals surface area contributed by atoms with E-state index in [1.165, 1.54) is 12.1 Å². The molecule has 2 heterocycles. The van der Waals surface area contributed by atoms with Crippen molar-refractivity contribution in [3.63, 3.8) is 0 Å². The number of esters is 1. The second-order valence-corrected chi connectivity index (χ2v) is 18.8. The third-order valence-electron chi connectivity index (χ3n) is 8.89. The normalized spacial score (nSPS) is 17.2. The Morgan fingerprint density at radius 2 is 1.24 bits per heavy atom. The lowest BCUT2D eigenvalue weighted by atomic mass is 9.71. The van der Waals surface area contributed by atoms with E-state index in [2.05, 4.69) is 20.3 Å². The Kier molecular flexibility index (Phi) is 15.3. The van der Waals surface area contributed by atoms with Crippen LogP contribution in [-0.2, 0) is 38.6 Å². The van der Waals surface area contributed by atoms with Crippen LogP contribution in [0.5, 0.6) is 0 Å². The molecular weight excluding hydrogens is 733 g/mol. The monoisotopic (exact) mass is 792 g/mol. The Hall–Kier alpha value is -4.25. The Labute approximate surface area is 325 Å². The molecule has 2 saturated heterocycles. The third-order valence-corrected chi connectivity index (χ3v) is 10.4. The lowest BCUT2D eigenvalue weighted by Crippen LogP contribution is -2.50. The van der Waals surface area contributed by atoms with E-state index < -0.39 is 51.0 Å². The minimum Gasteiger partial charge on any atom is -0.459 e. The number of amides is 4. The number of hydrogen-bond donors (Lipinski definition) is 3. The van der Waals surface area contributed by atoms with E-state index in [-0.39, 0.29) is 53.9 Å². The predicted molar refractivity (Wildman–Crippen MR) is 205 cm³/mol. The van der Waals surface area contributed by atoms with Gasteiger partial charge < -0.3 is 29.3 Å². The maximum atomic E-state index is 13.3. The van der Waals surface area contributed by atoms with E-state index in [9.17, 15) is 32.4 Å². The smallest absolute Gasteiger partial charge is 0.437 e. The molecule has 3 N–H and O–H groups in total. The maximum Gasteiger partial charge on any atom is 0.437 e. The predicted octanol–water partition coefficient (Wildman–Crippen LogP) is 4.48. The summed E-state index contributed by atoms with van der Waals surface area (Å²) in [6, 6.07) is 6.47. The molecule has 0 bridgehead atoms. The summed E-state index contributed by atoms with van der Waals surface area (Å²) in [5.74, 6) is -1.20. The van der Waals surface area contributed by atoms with Crippen LogP contribution in [0, 0.1) is 5.41 Å². The van der Waals surface area contributed by atoms with Gasteiger partial charge in [0.15, 0.2) is 0 Å². The average Bonchev–Trinajstić information content (AvgIpc) is 3.05. The maximum absolute atomic E-state index is 13.3. The lowest BCUT2D eigenvalue weighted by Gasteiger charge is -2.47. The van der Waals surface area contributed by atoms with Crippen molar-refractivity contribution in [1.82, 2.24) is 25.2 Å². The standard InChI is InChI=1S/C38H60N6O10S/c1-35(2,3)52-31(47)28(42-55(50,51)27-13-11-10-12-14-27)15-16-29(45)43-23-18-38(19-24-43)20-25-44(26-21-38)30(46)17-22-39-32(40-33(48)53-36(4,5)6)41-34(49)54-37(7,8)9/h10-14,28,42H,15-26H2,1-9H3,(H2,39,40,41,48,49)/t28-/m0/s1. The zero-order valence-electron chi connectivity index (χ0n) is 33.8. The molecule has 0 unspecified atom stereocenters. The van der Waals surface area contributed by atoms with E-state index in [1.54, 1.807) is 90.3 Å². The van der Waals surface area contributed by atoms with Gasteiger partial charge in [-0.1, -0.05) is 18.2 Å². The summed E-state index contributed by atoms with van der Waals surface area (Å²) in [5, 5.41) is 5.25. The minimum absolute atomic E-state index is 0.00658. The van der Waals surface area contributed by atoms with Gasteiger partial charge in [0, 0.05) is 45.6 Å². The molecule has 4 amide bonds. The topological polar surface area (TPSA) is 202 Å². The molecule has 0 aliphatic carbocycles. The van der Waals surface area contributed by atoms with E-state index in [0.29, 0.717) is 26.2 Å². The van der Waals surface area contributed by atoms with Crippen molar-refractivity contribution in [1.29, 1.82) is 0 Å². The molecular formula is C38H60N6O10S. The summed E-state index contributed by atoms with van der Waals surface area (Å²) in [4.78, 5) is 71.6.